The number of anilines is 2. The lowest BCUT2D eigenvalue weighted by atomic mass is 9.85. The number of amides is 6. The fourth-order valence-corrected chi connectivity index (χ4v) is 13.6. The number of aryl methyl sites for hydroxylation is 2. The molecule has 10 rings (SSSR count). The van der Waals surface area contributed by atoms with E-state index in [1.807, 2.05) is 80.6 Å². The number of carbonyl (C=O) groups is 8. The Bertz CT molecular complexity index is 3740. The molecule has 2 fully saturated rings. The Balaban J connectivity index is 0.000000226. The highest BCUT2D eigenvalue weighted by atomic mass is 35.5. The van der Waals surface area contributed by atoms with E-state index in [0.29, 0.717) is 104 Å². The van der Waals surface area contributed by atoms with E-state index >= 15 is 0 Å². The summed E-state index contributed by atoms with van der Waals surface area (Å²) in [5, 5.41) is 16.9. The van der Waals surface area contributed by atoms with Gasteiger partial charge < -0.3 is 45.7 Å². The van der Waals surface area contributed by atoms with Gasteiger partial charge in [0, 0.05) is 110 Å². The molecule has 496 valence electrons. The molecular formula is C74H88Cl2N8O9Si. The fourth-order valence-electron chi connectivity index (χ4n) is 12.4. The van der Waals surface area contributed by atoms with Gasteiger partial charge in [-0.15, -0.1) is 0 Å². The Morgan fingerprint density at radius 3 is 1.34 bits per heavy atom. The molecule has 0 radical (unpaired) electrons. The summed E-state index contributed by atoms with van der Waals surface area (Å²) in [6, 6.07) is 42.3. The van der Waals surface area contributed by atoms with Gasteiger partial charge in [-0.3, -0.25) is 38.4 Å². The molecule has 2 saturated heterocycles. The molecule has 0 aliphatic carbocycles. The highest BCUT2D eigenvalue weighted by Gasteiger charge is 2.47. The number of halogens is 2. The molecule has 0 aromatic heterocycles. The van der Waals surface area contributed by atoms with Crippen molar-refractivity contribution < 1.29 is 42.8 Å². The number of nitrogens with one attached hydrogen (secondary N) is 5. The van der Waals surface area contributed by atoms with Gasteiger partial charge in [-0.2, -0.15) is 0 Å². The molecular weight excluding hydrogens is 1240 g/mol. The maximum absolute atomic E-state index is 14.5. The number of nitrogens with zero attached hydrogens (tertiary/aromatic N) is 3. The standard InChI is InChI=1S/C41H53ClN4O5Si.C33H35ClN4O4/c1-29-26-33(16-17-34(29)42)43-39(50)41(20-22-45(23-21-41)24-25-51-52(5,6)40(2,3)4)44-38(49)35-27-31-14-10-11-15-32(31)28-46(35)37(48)19-18-36(47)30-12-8-7-9-13-30;1-22-19-26(11-12-27(22)34)36-32(42)33(15-17-35-18-16-33)37-31(41)28-20-24-9-5-6-10-25(24)21-38(28)30(40)14-13-29(39)23-7-3-2-4-8-23/h7-17,26,35H,18-25,27-28H2,1-6H3,(H,43,50)(H,44,49);2-12,19,28,35H,13-18,20-21H2,1H3,(H,36,42)(H,37,41)/t35-;28-/m00/s1. The van der Waals surface area contributed by atoms with E-state index in [2.05, 4.69) is 65.3 Å². The number of likely N-dealkylation sites (tertiary alicyclic amines) is 1. The first kappa shape index (κ1) is 70.5. The van der Waals surface area contributed by atoms with Gasteiger partial charge in [0.2, 0.25) is 35.4 Å². The Hall–Kier alpha value is -7.84. The predicted molar refractivity (Wildman–Crippen MR) is 371 cm³/mol. The molecule has 94 heavy (non-hydrogen) atoms. The van der Waals surface area contributed by atoms with Gasteiger partial charge in [0.15, 0.2) is 19.9 Å². The maximum Gasteiger partial charge on any atom is 0.250 e. The molecule has 4 heterocycles. The molecule has 17 nitrogen and oxygen atoms in total. The van der Waals surface area contributed by atoms with Gasteiger partial charge in [-0.05, 0) is 141 Å². The van der Waals surface area contributed by atoms with Crippen LogP contribution in [0.3, 0.4) is 0 Å². The van der Waals surface area contributed by atoms with Crippen LogP contribution in [-0.2, 0) is 59.1 Å². The van der Waals surface area contributed by atoms with Crippen molar-refractivity contribution in [2.24, 2.45) is 0 Å². The number of benzene rings is 6. The number of hydrogen-bond donors (Lipinski definition) is 5. The highest BCUT2D eigenvalue weighted by molar-refractivity contribution is 6.74. The van der Waals surface area contributed by atoms with Crippen LogP contribution in [0.1, 0.15) is 126 Å². The normalized spacial score (nSPS) is 17.6. The molecule has 5 N–H and O–H groups in total. The molecule has 0 spiro atoms. The van der Waals surface area contributed by atoms with Crippen LogP contribution in [0.25, 0.3) is 0 Å². The summed E-state index contributed by atoms with van der Waals surface area (Å²) in [5.41, 5.74) is 5.51. The first-order valence-corrected chi connectivity index (χ1v) is 36.3. The molecule has 4 aliphatic rings. The Morgan fingerprint density at radius 1 is 0.543 bits per heavy atom. The van der Waals surface area contributed by atoms with Gasteiger partial charge in [0.25, 0.3) is 0 Å². The lowest BCUT2D eigenvalue weighted by Crippen LogP contribution is -2.65. The third kappa shape index (κ3) is 17.5. The van der Waals surface area contributed by atoms with Crippen molar-refractivity contribution in [3.8, 4) is 0 Å². The Kier molecular flexibility index (Phi) is 23.4. The SMILES string of the molecule is Cc1cc(NC(=O)C2(NC(=O)[C@@H]3Cc4ccccc4CN3C(=O)CCC(=O)c3ccccc3)CCN(CCO[Si](C)(C)C(C)(C)C)CC2)ccc1Cl.Cc1cc(NC(=O)C2(NC(=O)[C@@H]3Cc4ccccc4CN3C(=O)CCC(=O)c3ccccc3)CCNCC2)ccc1Cl. The number of piperidine rings is 2. The minimum absolute atomic E-state index is 0.00879. The number of fused-ring (bicyclic) bond motifs is 2. The quantitative estimate of drug-likeness (QED) is 0.0358. The van der Waals surface area contributed by atoms with Gasteiger partial charge in [0.1, 0.15) is 23.2 Å². The van der Waals surface area contributed by atoms with Crippen molar-refractivity contribution >= 4 is 89.9 Å². The maximum atomic E-state index is 14.5. The third-order valence-corrected chi connectivity index (χ3v) is 24.7. The van der Waals surface area contributed by atoms with Gasteiger partial charge >= 0.3 is 0 Å². The molecule has 2 atom stereocenters. The first-order chi connectivity index (χ1) is 44.8. The van der Waals surface area contributed by atoms with E-state index in [9.17, 15) is 38.4 Å². The van der Waals surface area contributed by atoms with Crippen molar-refractivity contribution in [2.45, 2.75) is 153 Å². The second-order valence-corrected chi connectivity index (χ2v) is 32.4. The van der Waals surface area contributed by atoms with E-state index in [4.69, 9.17) is 27.6 Å². The predicted octanol–water partition coefficient (Wildman–Crippen LogP) is 11.6. The summed E-state index contributed by atoms with van der Waals surface area (Å²) >= 11 is 12.4. The minimum atomic E-state index is -1.91. The van der Waals surface area contributed by atoms with E-state index in [0.717, 1.165) is 39.9 Å². The molecule has 20 heteroatoms. The monoisotopic (exact) mass is 1330 g/mol. The Morgan fingerprint density at radius 2 is 0.936 bits per heavy atom. The summed E-state index contributed by atoms with van der Waals surface area (Å²) in [7, 11) is -1.91. The third-order valence-electron chi connectivity index (χ3n) is 19.3. The topological polar surface area (TPSA) is 216 Å². The van der Waals surface area contributed by atoms with Crippen LogP contribution >= 0.6 is 23.2 Å². The van der Waals surface area contributed by atoms with Gasteiger partial charge in [0.05, 0.1) is 0 Å². The number of rotatable bonds is 20. The number of Topliss-reactive ketones (excluding diaryl/α,β-unsaturated/α-hetero) is 2. The van der Waals surface area contributed by atoms with Crippen LogP contribution < -0.4 is 26.6 Å². The van der Waals surface area contributed by atoms with E-state index in [1.165, 1.54) is 0 Å². The number of hydrogen-bond acceptors (Lipinski definition) is 11. The summed E-state index contributed by atoms with van der Waals surface area (Å²) in [4.78, 5) is 115. The van der Waals surface area contributed by atoms with Crippen molar-refractivity contribution in [2.75, 3.05) is 50.0 Å². The van der Waals surface area contributed by atoms with Crippen LogP contribution in [0.4, 0.5) is 11.4 Å². The summed E-state index contributed by atoms with van der Waals surface area (Å²) in [5.74, 6) is -2.15. The average molecular weight is 1330 g/mol. The summed E-state index contributed by atoms with van der Waals surface area (Å²) in [6.07, 6.45) is 2.28. The van der Waals surface area contributed by atoms with E-state index in [1.54, 1.807) is 88.7 Å². The minimum Gasteiger partial charge on any atom is -0.416 e. The molecule has 0 bridgehead atoms. The average Bonchev–Trinajstić information content (AvgIpc) is 0.792. The zero-order valence-corrected chi connectivity index (χ0v) is 57.5. The van der Waals surface area contributed by atoms with E-state index in [-0.39, 0.29) is 90.8 Å². The Labute approximate surface area is 563 Å². The second-order valence-electron chi connectivity index (χ2n) is 26.8. The van der Waals surface area contributed by atoms with Crippen LogP contribution in [0, 0.1) is 13.8 Å². The highest BCUT2D eigenvalue weighted by Crippen LogP contribution is 2.37. The number of ketones is 2. The zero-order valence-electron chi connectivity index (χ0n) is 55.0. The summed E-state index contributed by atoms with van der Waals surface area (Å²) in [6.45, 7) is 19.0. The first-order valence-electron chi connectivity index (χ1n) is 32.6. The number of carbonyl (C=O) groups excluding carboxylic acids is 8. The van der Waals surface area contributed by atoms with Gasteiger partial charge in [-0.25, -0.2) is 0 Å². The van der Waals surface area contributed by atoms with Crippen molar-refractivity contribution in [3.05, 3.63) is 200 Å². The van der Waals surface area contributed by atoms with Crippen molar-refractivity contribution in [1.29, 1.82) is 0 Å². The molecule has 6 aromatic carbocycles. The van der Waals surface area contributed by atoms with Crippen LogP contribution in [0.15, 0.2) is 146 Å². The van der Waals surface area contributed by atoms with Crippen molar-refractivity contribution in [3.63, 3.8) is 0 Å². The largest absolute Gasteiger partial charge is 0.416 e. The molecule has 6 amide bonds. The molecule has 0 unspecified atom stereocenters. The van der Waals surface area contributed by atoms with Crippen molar-refractivity contribution in [1.82, 2.24) is 30.7 Å². The smallest absolute Gasteiger partial charge is 0.250 e. The van der Waals surface area contributed by atoms with Crippen LogP contribution in [-0.4, -0.2) is 133 Å². The van der Waals surface area contributed by atoms with Crippen LogP contribution in [0.5, 0.6) is 0 Å². The fraction of sp³-hybridized carbons (Fsp3) is 0.405. The molecule has 0 saturated carbocycles. The lowest BCUT2D eigenvalue weighted by molar-refractivity contribution is -0.144. The lowest BCUT2D eigenvalue weighted by Gasteiger charge is -2.44. The summed E-state index contributed by atoms with van der Waals surface area (Å²) < 4.78 is 6.44. The second kappa shape index (κ2) is 31.1. The molecule has 6 aromatic rings. The van der Waals surface area contributed by atoms with Crippen LogP contribution in [0.2, 0.25) is 28.2 Å². The van der Waals surface area contributed by atoms with Gasteiger partial charge in [-0.1, -0.05) is 153 Å². The molecule has 4 aliphatic heterocycles. The van der Waals surface area contributed by atoms with E-state index < -0.39 is 31.5 Å². The zero-order chi connectivity index (χ0) is 67.4.